The first kappa shape index (κ1) is 29.3. The van der Waals surface area contributed by atoms with Gasteiger partial charge in [-0.25, -0.2) is 0 Å². The standard InChI is InChI=1S/C48H33NO2/c1-2-10-32(11-3-1)33-20-22-34(23-21-33)35-24-28-37(29-25-35)49(42-15-9-19-46-48(42)41-13-5-7-17-44(41)51-46)38-30-26-36(27-31-38)39-14-8-18-45-47(39)40-12-4-6-16-43(40)50-45/h1-10,12-32H,11H2. The van der Waals surface area contributed by atoms with E-state index in [2.05, 4.69) is 163 Å². The third-order valence-corrected chi connectivity index (χ3v) is 10.2. The Morgan fingerprint density at radius 1 is 0.451 bits per heavy atom. The monoisotopic (exact) mass is 655 g/mol. The van der Waals surface area contributed by atoms with Gasteiger partial charge in [-0.15, -0.1) is 0 Å². The molecule has 0 fully saturated rings. The maximum atomic E-state index is 6.35. The van der Waals surface area contributed by atoms with Gasteiger partial charge in [-0.05, 0) is 88.8 Å². The second-order valence-electron chi connectivity index (χ2n) is 13.2. The molecule has 0 amide bonds. The van der Waals surface area contributed by atoms with Crippen LogP contribution in [-0.4, -0.2) is 0 Å². The van der Waals surface area contributed by atoms with Crippen LogP contribution in [0, 0.1) is 0 Å². The van der Waals surface area contributed by atoms with Gasteiger partial charge in [-0.2, -0.15) is 0 Å². The van der Waals surface area contributed by atoms with Gasteiger partial charge >= 0.3 is 0 Å². The number of anilines is 3. The summed E-state index contributed by atoms with van der Waals surface area (Å²) in [6.45, 7) is 0. The molecule has 0 bridgehead atoms. The molecule has 3 nitrogen and oxygen atoms in total. The zero-order valence-electron chi connectivity index (χ0n) is 27.9. The average Bonchev–Trinajstić information content (AvgIpc) is 3.78. The highest BCUT2D eigenvalue weighted by atomic mass is 16.3. The SMILES string of the molecule is C1=CCC(c2ccc(-c3ccc(N(c4ccc(-c5cccc6oc7ccccc7c56)cc4)c4cccc5oc6ccccc6c45)cc3)cc2)C=C1. The Bertz CT molecular complexity index is 2760. The molecule has 242 valence electrons. The number of nitrogens with zero attached hydrogens (tertiary/aromatic N) is 1. The van der Waals surface area contributed by atoms with Crippen LogP contribution in [0.2, 0.25) is 0 Å². The molecule has 1 aliphatic rings. The van der Waals surface area contributed by atoms with E-state index in [1.54, 1.807) is 0 Å². The molecule has 2 aromatic heterocycles. The maximum Gasteiger partial charge on any atom is 0.137 e. The van der Waals surface area contributed by atoms with Crippen LogP contribution in [-0.2, 0) is 0 Å². The highest BCUT2D eigenvalue weighted by Crippen LogP contribution is 2.44. The summed E-state index contributed by atoms with van der Waals surface area (Å²) in [6, 6.07) is 56.0. The van der Waals surface area contributed by atoms with E-state index in [-0.39, 0.29) is 0 Å². The summed E-state index contributed by atoms with van der Waals surface area (Å²) in [5, 5.41) is 4.47. The summed E-state index contributed by atoms with van der Waals surface area (Å²) < 4.78 is 12.6. The Hall–Kier alpha value is -6.58. The third kappa shape index (κ3) is 5.05. The Labute approximate surface area is 296 Å². The zero-order chi connectivity index (χ0) is 33.7. The second-order valence-corrected chi connectivity index (χ2v) is 13.2. The first-order valence-electron chi connectivity index (χ1n) is 17.5. The van der Waals surface area contributed by atoms with Crippen LogP contribution in [0.25, 0.3) is 66.1 Å². The summed E-state index contributed by atoms with van der Waals surface area (Å²) in [7, 11) is 0. The number of para-hydroxylation sites is 2. The van der Waals surface area contributed by atoms with Crippen molar-refractivity contribution in [3.63, 3.8) is 0 Å². The molecule has 1 aliphatic carbocycles. The molecule has 0 saturated carbocycles. The van der Waals surface area contributed by atoms with E-state index in [0.717, 1.165) is 78.5 Å². The van der Waals surface area contributed by atoms with Crippen molar-refractivity contribution in [2.75, 3.05) is 4.90 Å². The zero-order valence-corrected chi connectivity index (χ0v) is 27.9. The van der Waals surface area contributed by atoms with Crippen molar-refractivity contribution in [1.82, 2.24) is 0 Å². The van der Waals surface area contributed by atoms with Gasteiger partial charge < -0.3 is 13.7 Å². The molecule has 1 unspecified atom stereocenters. The average molecular weight is 656 g/mol. The number of rotatable bonds is 6. The van der Waals surface area contributed by atoms with E-state index >= 15 is 0 Å². The molecule has 9 aromatic rings. The van der Waals surface area contributed by atoms with Crippen molar-refractivity contribution >= 4 is 60.9 Å². The second kappa shape index (κ2) is 12.1. The van der Waals surface area contributed by atoms with E-state index in [9.17, 15) is 0 Å². The molecule has 0 saturated heterocycles. The molecule has 10 rings (SSSR count). The fourth-order valence-electron chi connectivity index (χ4n) is 7.73. The van der Waals surface area contributed by atoms with Crippen LogP contribution >= 0.6 is 0 Å². The van der Waals surface area contributed by atoms with Gasteiger partial charge in [-0.3, -0.25) is 0 Å². The van der Waals surface area contributed by atoms with E-state index < -0.39 is 0 Å². The van der Waals surface area contributed by atoms with Gasteiger partial charge in [-0.1, -0.05) is 127 Å². The largest absolute Gasteiger partial charge is 0.456 e. The molecule has 0 aliphatic heterocycles. The Morgan fingerprint density at radius 2 is 1.00 bits per heavy atom. The van der Waals surface area contributed by atoms with Crippen molar-refractivity contribution in [2.24, 2.45) is 0 Å². The van der Waals surface area contributed by atoms with Crippen LogP contribution in [0.3, 0.4) is 0 Å². The normalized spacial score (nSPS) is 14.2. The molecule has 51 heavy (non-hydrogen) atoms. The van der Waals surface area contributed by atoms with Crippen LogP contribution in [0.15, 0.2) is 191 Å². The van der Waals surface area contributed by atoms with Gasteiger partial charge in [0.05, 0.1) is 11.1 Å². The summed E-state index contributed by atoms with van der Waals surface area (Å²) in [5.41, 5.74) is 12.8. The first-order valence-corrected chi connectivity index (χ1v) is 17.5. The molecule has 7 aromatic carbocycles. The minimum Gasteiger partial charge on any atom is -0.456 e. The summed E-state index contributed by atoms with van der Waals surface area (Å²) in [5.74, 6) is 0.444. The predicted molar refractivity (Wildman–Crippen MR) is 212 cm³/mol. The van der Waals surface area contributed by atoms with Crippen molar-refractivity contribution in [1.29, 1.82) is 0 Å². The van der Waals surface area contributed by atoms with Crippen LogP contribution in [0.5, 0.6) is 0 Å². The lowest BCUT2D eigenvalue weighted by molar-refractivity contribution is 0.668. The number of hydrogen-bond acceptors (Lipinski definition) is 3. The number of benzene rings is 7. The van der Waals surface area contributed by atoms with E-state index in [4.69, 9.17) is 8.83 Å². The molecule has 3 heteroatoms. The molecule has 0 spiro atoms. The molecular weight excluding hydrogens is 623 g/mol. The van der Waals surface area contributed by atoms with Gasteiger partial charge in [0.15, 0.2) is 0 Å². The minimum absolute atomic E-state index is 0.444. The quantitative estimate of drug-likeness (QED) is 0.179. The fourth-order valence-corrected chi connectivity index (χ4v) is 7.73. The molecule has 0 radical (unpaired) electrons. The molecule has 1 atom stereocenters. The van der Waals surface area contributed by atoms with Crippen LogP contribution < -0.4 is 4.90 Å². The van der Waals surface area contributed by atoms with E-state index in [1.807, 2.05) is 24.3 Å². The van der Waals surface area contributed by atoms with Crippen LogP contribution in [0.4, 0.5) is 17.1 Å². The highest BCUT2D eigenvalue weighted by molar-refractivity contribution is 6.14. The Morgan fingerprint density at radius 3 is 1.65 bits per heavy atom. The number of furan rings is 2. The van der Waals surface area contributed by atoms with Gasteiger partial charge in [0, 0.05) is 33.5 Å². The van der Waals surface area contributed by atoms with Crippen LogP contribution in [0.1, 0.15) is 17.9 Å². The van der Waals surface area contributed by atoms with Crippen molar-refractivity contribution in [3.05, 3.63) is 188 Å². The topological polar surface area (TPSA) is 29.5 Å². The van der Waals surface area contributed by atoms with Crippen molar-refractivity contribution in [2.45, 2.75) is 12.3 Å². The lowest BCUT2D eigenvalue weighted by Gasteiger charge is -2.26. The molecule has 2 heterocycles. The summed E-state index contributed by atoms with van der Waals surface area (Å²) >= 11 is 0. The smallest absolute Gasteiger partial charge is 0.137 e. The number of fused-ring (bicyclic) bond motifs is 6. The van der Waals surface area contributed by atoms with Gasteiger partial charge in [0.2, 0.25) is 0 Å². The number of allylic oxidation sites excluding steroid dienone is 4. The lowest BCUT2D eigenvalue weighted by Crippen LogP contribution is -2.10. The maximum absolute atomic E-state index is 6.35. The van der Waals surface area contributed by atoms with Gasteiger partial charge in [0.1, 0.15) is 22.3 Å². The third-order valence-electron chi connectivity index (χ3n) is 10.2. The Balaban J connectivity index is 1.07. The minimum atomic E-state index is 0.444. The fraction of sp³-hybridized carbons (Fsp3) is 0.0417. The van der Waals surface area contributed by atoms with E-state index in [1.165, 1.54) is 16.7 Å². The summed E-state index contributed by atoms with van der Waals surface area (Å²) in [6.07, 6.45) is 9.85. The Kier molecular flexibility index (Phi) is 6.95. The molecule has 0 N–H and O–H groups in total. The number of hydrogen-bond donors (Lipinski definition) is 0. The van der Waals surface area contributed by atoms with Crippen molar-refractivity contribution in [3.8, 4) is 22.3 Å². The highest BCUT2D eigenvalue weighted by Gasteiger charge is 2.20. The lowest BCUT2D eigenvalue weighted by atomic mass is 9.91. The summed E-state index contributed by atoms with van der Waals surface area (Å²) in [4.78, 5) is 2.34. The first-order chi connectivity index (χ1) is 25.3. The van der Waals surface area contributed by atoms with Crippen molar-refractivity contribution < 1.29 is 8.83 Å². The predicted octanol–water partition coefficient (Wildman–Crippen LogP) is 13.9. The van der Waals surface area contributed by atoms with Gasteiger partial charge in [0.25, 0.3) is 0 Å². The molecular formula is C48H33NO2. The van der Waals surface area contributed by atoms with E-state index in [0.29, 0.717) is 5.92 Å².